The molecule has 0 bridgehead atoms. The molecule has 3 heteroatoms. The Balaban J connectivity index is 2.27. The highest BCUT2D eigenvalue weighted by atomic mass is 19.1. The largest absolute Gasteiger partial charge is 0.309 e. The second-order valence-electron chi connectivity index (χ2n) is 7.12. The van der Waals surface area contributed by atoms with Crippen LogP contribution in [0.4, 0.5) is 8.78 Å². The van der Waals surface area contributed by atoms with Gasteiger partial charge < -0.3 is 4.90 Å². The minimum Gasteiger partial charge on any atom is -0.309 e. The Labute approximate surface area is 150 Å². The van der Waals surface area contributed by atoms with Gasteiger partial charge in [-0.15, -0.1) is 0 Å². The molecule has 0 saturated carbocycles. The maximum Gasteiger partial charge on any atom is 0.123 e. The second kappa shape index (κ2) is 8.91. The molecule has 25 heavy (non-hydrogen) atoms. The molecule has 0 aromatic heterocycles. The highest BCUT2D eigenvalue weighted by molar-refractivity contribution is 5.53. The van der Waals surface area contributed by atoms with Crippen LogP contribution in [-0.4, -0.2) is 25.5 Å². The first kappa shape index (κ1) is 19.3. The average Bonchev–Trinajstić information content (AvgIpc) is 2.54. The van der Waals surface area contributed by atoms with Gasteiger partial charge in [0, 0.05) is 6.54 Å². The van der Waals surface area contributed by atoms with Crippen LogP contribution < -0.4 is 0 Å². The Kier molecular flexibility index (Phi) is 6.89. The number of allylic oxidation sites excluding steroid dienone is 1. The van der Waals surface area contributed by atoms with Gasteiger partial charge in [-0.3, -0.25) is 0 Å². The molecule has 0 saturated heterocycles. The van der Waals surface area contributed by atoms with Crippen molar-refractivity contribution in [3.63, 3.8) is 0 Å². The molecule has 2 aromatic carbocycles. The molecular weight excluding hydrogens is 316 g/mol. The van der Waals surface area contributed by atoms with Gasteiger partial charge in [0.15, 0.2) is 0 Å². The van der Waals surface area contributed by atoms with Crippen LogP contribution in [0.3, 0.4) is 0 Å². The number of halogens is 2. The van der Waals surface area contributed by atoms with E-state index in [1.165, 1.54) is 23.8 Å². The van der Waals surface area contributed by atoms with Crippen LogP contribution in [0, 0.1) is 23.5 Å². The average molecular weight is 343 g/mol. The quantitative estimate of drug-likeness (QED) is 0.648. The van der Waals surface area contributed by atoms with Crippen molar-refractivity contribution in [3.8, 4) is 0 Å². The lowest BCUT2D eigenvalue weighted by Crippen LogP contribution is -2.27. The van der Waals surface area contributed by atoms with Crippen LogP contribution in [0.2, 0.25) is 0 Å². The van der Waals surface area contributed by atoms with E-state index in [1.807, 2.05) is 6.07 Å². The summed E-state index contributed by atoms with van der Waals surface area (Å²) in [5.74, 6) is 0.271. The molecule has 0 heterocycles. The lowest BCUT2D eigenvalue weighted by atomic mass is 9.81. The van der Waals surface area contributed by atoms with Crippen molar-refractivity contribution in [2.24, 2.45) is 11.8 Å². The van der Waals surface area contributed by atoms with Crippen molar-refractivity contribution >= 4 is 6.08 Å². The Morgan fingerprint density at radius 1 is 1.04 bits per heavy atom. The Morgan fingerprint density at radius 2 is 1.72 bits per heavy atom. The fourth-order valence-corrected chi connectivity index (χ4v) is 3.36. The summed E-state index contributed by atoms with van der Waals surface area (Å²) in [5.41, 5.74) is 3.22. The van der Waals surface area contributed by atoms with E-state index in [-0.39, 0.29) is 17.6 Å². The van der Waals surface area contributed by atoms with E-state index in [4.69, 9.17) is 0 Å². The molecule has 0 aliphatic carbocycles. The van der Waals surface area contributed by atoms with Crippen molar-refractivity contribution in [2.75, 3.05) is 20.6 Å². The number of benzene rings is 2. The monoisotopic (exact) mass is 343 g/mol. The van der Waals surface area contributed by atoms with Gasteiger partial charge in [0.1, 0.15) is 11.6 Å². The van der Waals surface area contributed by atoms with Crippen LogP contribution in [0.25, 0.3) is 6.08 Å². The van der Waals surface area contributed by atoms with Gasteiger partial charge in [-0.25, -0.2) is 8.78 Å². The van der Waals surface area contributed by atoms with E-state index in [0.717, 1.165) is 24.1 Å². The molecule has 2 atom stereocenters. The molecule has 2 unspecified atom stereocenters. The normalized spacial score (nSPS) is 14.6. The van der Waals surface area contributed by atoms with Gasteiger partial charge in [0.2, 0.25) is 0 Å². The summed E-state index contributed by atoms with van der Waals surface area (Å²) in [6.07, 6.45) is 2.89. The van der Waals surface area contributed by atoms with Gasteiger partial charge in [-0.2, -0.15) is 0 Å². The highest BCUT2D eigenvalue weighted by Gasteiger charge is 2.20. The van der Waals surface area contributed by atoms with Gasteiger partial charge in [-0.1, -0.05) is 42.8 Å². The number of hydrogen-bond donors (Lipinski definition) is 0. The smallest absolute Gasteiger partial charge is 0.123 e. The molecule has 0 aliphatic heterocycles. The van der Waals surface area contributed by atoms with Crippen LogP contribution in [0.5, 0.6) is 0 Å². The van der Waals surface area contributed by atoms with Crippen molar-refractivity contribution in [1.29, 1.82) is 0 Å². The third-order valence-corrected chi connectivity index (χ3v) is 4.53. The van der Waals surface area contributed by atoms with Crippen LogP contribution in [-0.2, 0) is 6.42 Å². The zero-order chi connectivity index (χ0) is 18.4. The Morgan fingerprint density at radius 3 is 2.32 bits per heavy atom. The molecule has 0 N–H and O–H groups in total. The lowest BCUT2D eigenvalue weighted by Gasteiger charge is -2.28. The van der Waals surface area contributed by atoms with Gasteiger partial charge in [-0.05, 0) is 74.7 Å². The predicted molar refractivity (Wildman–Crippen MR) is 101 cm³/mol. The fraction of sp³-hybridized carbons (Fsp3) is 0.364. The summed E-state index contributed by atoms with van der Waals surface area (Å²) >= 11 is 0. The van der Waals surface area contributed by atoms with Crippen LogP contribution in [0.1, 0.15) is 25.0 Å². The number of hydrogen-bond acceptors (Lipinski definition) is 1. The van der Waals surface area contributed by atoms with E-state index in [9.17, 15) is 8.78 Å². The summed E-state index contributed by atoms with van der Waals surface area (Å²) < 4.78 is 26.7. The van der Waals surface area contributed by atoms with Gasteiger partial charge in [0.05, 0.1) is 0 Å². The molecule has 2 rings (SSSR count). The zero-order valence-electron chi connectivity index (χ0n) is 15.5. The van der Waals surface area contributed by atoms with E-state index in [1.54, 1.807) is 24.3 Å². The molecule has 1 nitrogen and oxygen atoms in total. The predicted octanol–water partition coefficient (Wildman–Crippen LogP) is 5.42. The highest BCUT2D eigenvalue weighted by Crippen LogP contribution is 2.27. The lowest BCUT2D eigenvalue weighted by molar-refractivity contribution is 0.284. The zero-order valence-corrected chi connectivity index (χ0v) is 15.5. The summed E-state index contributed by atoms with van der Waals surface area (Å²) in [7, 11) is 4.13. The summed E-state index contributed by atoms with van der Waals surface area (Å²) in [6, 6.07) is 13.3. The maximum atomic E-state index is 13.6. The van der Waals surface area contributed by atoms with E-state index in [2.05, 4.69) is 38.9 Å². The van der Waals surface area contributed by atoms with Crippen molar-refractivity contribution < 1.29 is 8.78 Å². The molecular formula is C22H27F2N. The van der Waals surface area contributed by atoms with Crippen molar-refractivity contribution in [2.45, 2.75) is 20.3 Å². The van der Waals surface area contributed by atoms with E-state index < -0.39 is 0 Å². The maximum absolute atomic E-state index is 13.6. The Hall–Kier alpha value is -2.00. The molecule has 134 valence electrons. The molecule has 0 fully saturated rings. The van der Waals surface area contributed by atoms with Crippen molar-refractivity contribution in [1.82, 2.24) is 4.90 Å². The molecule has 0 spiro atoms. The number of rotatable bonds is 7. The first-order valence-electron chi connectivity index (χ1n) is 8.68. The second-order valence-corrected chi connectivity index (χ2v) is 7.12. The molecule has 0 aliphatic rings. The molecule has 0 amide bonds. The third-order valence-electron chi connectivity index (χ3n) is 4.53. The first-order valence-corrected chi connectivity index (χ1v) is 8.68. The first-order chi connectivity index (χ1) is 11.8. The fourth-order valence-electron chi connectivity index (χ4n) is 3.36. The topological polar surface area (TPSA) is 3.24 Å². The standard InChI is InChI=1S/C22H27F2N/c1-16(12-18-8-10-20(23)11-9-18)22(17(2)15-25(3)4)14-19-6-5-7-21(24)13-19/h5-13,17,22H,14-15H2,1-4H3. The third kappa shape index (κ3) is 6.09. The van der Waals surface area contributed by atoms with Crippen LogP contribution in [0.15, 0.2) is 54.1 Å². The Bertz CT molecular complexity index is 704. The summed E-state index contributed by atoms with van der Waals surface area (Å²) in [4.78, 5) is 2.18. The molecule has 2 aromatic rings. The van der Waals surface area contributed by atoms with E-state index >= 15 is 0 Å². The van der Waals surface area contributed by atoms with E-state index in [0.29, 0.717) is 5.92 Å². The van der Waals surface area contributed by atoms with Gasteiger partial charge in [0.25, 0.3) is 0 Å². The SMILES string of the molecule is CC(=Cc1ccc(F)cc1)C(Cc1cccc(F)c1)C(C)CN(C)C. The van der Waals surface area contributed by atoms with Gasteiger partial charge >= 0.3 is 0 Å². The van der Waals surface area contributed by atoms with Crippen molar-refractivity contribution in [3.05, 3.63) is 76.9 Å². The molecule has 0 radical (unpaired) electrons. The summed E-state index contributed by atoms with van der Waals surface area (Å²) in [6.45, 7) is 5.29. The summed E-state index contributed by atoms with van der Waals surface area (Å²) in [5, 5.41) is 0. The minimum absolute atomic E-state index is 0.198. The van der Waals surface area contributed by atoms with Crippen LogP contribution >= 0.6 is 0 Å². The minimum atomic E-state index is -0.230. The number of nitrogens with zero attached hydrogens (tertiary/aromatic N) is 1.